The third-order valence-electron chi connectivity index (χ3n) is 1.61. The van der Waals surface area contributed by atoms with E-state index >= 15 is 0 Å². The second kappa shape index (κ2) is 3.97. The quantitative estimate of drug-likeness (QED) is 0.573. The van der Waals surface area contributed by atoms with Crippen LogP contribution in [0.25, 0.3) is 0 Å². The Morgan fingerprint density at radius 2 is 2.25 bits per heavy atom. The summed E-state index contributed by atoms with van der Waals surface area (Å²) in [6, 6.07) is 5.21. The molecule has 0 unspecified atom stereocenters. The standard InChI is InChI=1S/C9H9ClOS/c1-2-8(11)6-4-3-5-7(10)9(6)12/h3-5,12H,2H2,1H3. The highest BCUT2D eigenvalue weighted by molar-refractivity contribution is 7.80. The molecule has 0 bridgehead atoms. The molecule has 1 aromatic rings. The van der Waals surface area contributed by atoms with E-state index in [0.717, 1.165) is 0 Å². The normalized spacial score (nSPS) is 9.92. The maximum absolute atomic E-state index is 11.3. The molecule has 0 radical (unpaired) electrons. The Hall–Kier alpha value is -0.470. The van der Waals surface area contributed by atoms with Crippen LogP contribution >= 0.6 is 24.2 Å². The predicted molar refractivity (Wildman–Crippen MR) is 53.3 cm³/mol. The molecule has 0 aliphatic heterocycles. The van der Waals surface area contributed by atoms with Crippen LogP contribution in [0.2, 0.25) is 5.02 Å². The third-order valence-corrected chi connectivity index (χ3v) is 2.54. The van der Waals surface area contributed by atoms with Crippen LogP contribution in [0, 0.1) is 0 Å². The van der Waals surface area contributed by atoms with Gasteiger partial charge in [0.25, 0.3) is 0 Å². The summed E-state index contributed by atoms with van der Waals surface area (Å²) in [4.78, 5) is 11.9. The molecule has 1 nitrogen and oxygen atoms in total. The number of carbonyl (C=O) groups is 1. The maximum atomic E-state index is 11.3. The van der Waals surface area contributed by atoms with Gasteiger partial charge in [0.1, 0.15) is 0 Å². The van der Waals surface area contributed by atoms with Gasteiger partial charge in [-0.3, -0.25) is 4.79 Å². The second-order valence-electron chi connectivity index (χ2n) is 2.41. The molecule has 0 N–H and O–H groups in total. The van der Waals surface area contributed by atoms with Crippen molar-refractivity contribution < 1.29 is 4.79 Å². The van der Waals surface area contributed by atoms with E-state index in [1.165, 1.54) is 0 Å². The van der Waals surface area contributed by atoms with E-state index in [1.807, 2.05) is 6.92 Å². The Morgan fingerprint density at radius 1 is 1.58 bits per heavy atom. The predicted octanol–water partition coefficient (Wildman–Crippen LogP) is 3.22. The fourth-order valence-electron chi connectivity index (χ4n) is 0.931. The summed E-state index contributed by atoms with van der Waals surface area (Å²) < 4.78 is 0. The molecule has 0 aliphatic rings. The zero-order chi connectivity index (χ0) is 9.14. The van der Waals surface area contributed by atoms with Gasteiger partial charge in [-0.15, -0.1) is 12.6 Å². The van der Waals surface area contributed by atoms with Crippen molar-refractivity contribution in [1.82, 2.24) is 0 Å². The van der Waals surface area contributed by atoms with Gasteiger partial charge in [0.15, 0.2) is 5.78 Å². The fraction of sp³-hybridized carbons (Fsp3) is 0.222. The lowest BCUT2D eigenvalue weighted by molar-refractivity contribution is 0.0985. The lowest BCUT2D eigenvalue weighted by Gasteiger charge is -2.02. The molecule has 0 aliphatic carbocycles. The Kier molecular flexibility index (Phi) is 3.18. The van der Waals surface area contributed by atoms with Gasteiger partial charge in [0.05, 0.1) is 5.02 Å². The number of thiol groups is 1. The molecule has 0 aromatic heterocycles. The highest BCUT2D eigenvalue weighted by Crippen LogP contribution is 2.24. The number of Topliss-reactive ketones (excluding diaryl/α,β-unsaturated/α-hetero) is 1. The van der Waals surface area contributed by atoms with Crippen molar-refractivity contribution >= 4 is 30.0 Å². The van der Waals surface area contributed by atoms with Crippen LogP contribution in [0.3, 0.4) is 0 Å². The molecular weight excluding hydrogens is 192 g/mol. The van der Waals surface area contributed by atoms with E-state index in [-0.39, 0.29) is 5.78 Å². The van der Waals surface area contributed by atoms with Gasteiger partial charge in [-0.2, -0.15) is 0 Å². The molecule has 0 spiro atoms. The zero-order valence-corrected chi connectivity index (χ0v) is 8.32. The van der Waals surface area contributed by atoms with E-state index < -0.39 is 0 Å². The fourth-order valence-corrected chi connectivity index (χ4v) is 1.38. The largest absolute Gasteiger partial charge is 0.294 e. The Balaban J connectivity index is 3.16. The summed E-state index contributed by atoms with van der Waals surface area (Å²) in [5, 5.41) is 0.526. The number of benzene rings is 1. The number of carbonyl (C=O) groups excluding carboxylic acids is 1. The molecule has 64 valence electrons. The number of halogens is 1. The SMILES string of the molecule is CCC(=O)c1cccc(Cl)c1S. The minimum atomic E-state index is 0.0718. The van der Waals surface area contributed by atoms with E-state index in [2.05, 4.69) is 12.6 Å². The van der Waals surface area contributed by atoms with Gasteiger partial charge in [-0.25, -0.2) is 0 Å². The van der Waals surface area contributed by atoms with Crippen molar-refractivity contribution in [3.05, 3.63) is 28.8 Å². The Morgan fingerprint density at radius 3 is 2.83 bits per heavy atom. The smallest absolute Gasteiger partial charge is 0.163 e. The monoisotopic (exact) mass is 200 g/mol. The van der Waals surface area contributed by atoms with Gasteiger partial charge < -0.3 is 0 Å². The van der Waals surface area contributed by atoms with Crippen molar-refractivity contribution in [3.63, 3.8) is 0 Å². The summed E-state index contributed by atoms with van der Waals surface area (Å²) in [6.45, 7) is 1.82. The molecule has 12 heavy (non-hydrogen) atoms. The minimum Gasteiger partial charge on any atom is -0.294 e. The first kappa shape index (κ1) is 9.62. The van der Waals surface area contributed by atoms with Crippen LogP contribution in [-0.2, 0) is 0 Å². The van der Waals surface area contributed by atoms with Crippen molar-refractivity contribution in [2.24, 2.45) is 0 Å². The first-order valence-electron chi connectivity index (χ1n) is 3.67. The second-order valence-corrected chi connectivity index (χ2v) is 3.27. The van der Waals surface area contributed by atoms with Crippen LogP contribution in [0.4, 0.5) is 0 Å². The molecule has 1 aromatic carbocycles. The number of rotatable bonds is 2. The Bertz CT molecular complexity index is 309. The van der Waals surface area contributed by atoms with Crippen LogP contribution in [0.5, 0.6) is 0 Å². The van der Waals surface area contributed by atoms with Gasteiger partial charge in [-0.1, -0.05) is 30.7 Å². The van der Waals surface area contributed by atoms with Crippen LogP contribution in [0.15, 0.2) is 23.1 Å². The average molecular weight is 201 g/mol. The van der Waals surface area contributed by atoms with E-state index in [0.29, 0.717) is 21.9 Å². The molecule has 0 saturated carbocycles. The summed E-state index contributed by atoms with van der Waals surface area (Å²) in [7, 11) is 0. The van der Waals surface area contributed by atoms with Crippen LogP contribution < -0.4 is 0 Å². The molecule has 0 heterocycles. The van der Waals surface area contributed by atoms with Gasteiger partial charge in [-0.05, 0) is 6.07 Å². The highest BCUT2D eigenvalue weighted by atomic mass is 35.5. The van der Waals surface area contributed by atoms with Gasteiger partial charge in [0.2, 0.25) is 0 Å². The van der Waals surface area contributed by atoms with E-state index in [9.17, 15) is 4.79 Å². The Labute approximate surface area is 82.1 Å². The first-order valence-corrected chi connectivity index (χ1v) is 4.50. The third kappa shape index (κ3) is 1.82. The molecule has 0 saturated heterocycles. The average Bonchev–Trinajstić information content (AvgIpc) is 2.08. The highest BCUT2D eigenvalue weighted by Gasteiger charge is 2.08. The summed E-state index contributed by atoms with van der Waals surface area (Å²) in [5.41, 5.74) is 0.605. The maximum Gasteiger partial charge on any atom is 0.163 e. The minimum absolute atomic E-state index is 0.0718. The van der Waals surface area contributed by atoms with E-state index in [1.54, 1.807) is 18.2 Å². The first-order chi connectivity index (χ1) is 5.66. The summed E-state index contributed by atoms with van der Waals surface area (Å²) in [5.74, 6) is 0.0718. The van der Waals surface area contributed by atoms with Crippen molar-refractivity contribution in [3.8, 4) is 0 Å². The molecule has 0 atom stereocenters. The van der Waals surface area contributed by atoms with Gasteiger partial charge >= 0.3 is 0 Å². The van der Waals surface area contributed by atoms with Crippen LogP contribution in [0.1, 0.15) is 23.7 Å². The summed E-state index contributed by atoms with van der Waals surface area (Å²) in [6.07, 6.45) is 0.480. The topological polar surface area (TPSA) is 17.1 Å². The molecule has 0 amide bonds. The van der Waals surface area contributed by atoms with Crippen molar-refractivity contribution in [1.29, 1.82) is 0 Å². The van der Waals surface area contributed by atoms with Crippen molar-refractivity contribution in [2.45, 2.75) is 18.2 Å². The van der Waals surface area contributed by atoms with E-state index in [4.69, 9.17) is 11.6 Å². The zero-order valence-electron chi connectivity index (χ0n) is 6.67. The molecule has 3 heteroatoms. The number of hydrogen-bond acceptors (Lipinski definition) is 2. The number of hydrogen-bond donors (Lipinski definition) is 1. The van der Waals surface area contributed by atoms with Crippen LogP contribution in [-0.4, -0.2) is 5.78 Å². The lowest BCUT2D eigenvalue weighted by Crippen LogP contribution is -1.97. The molecular formula is C9H9ClOS. The summed E-state index contributed by atoms with van der Waals surface area (Å²) >= 11 is 9.94. The lowest BCUT2D eigenvalue weighted by atomic mass is 10.1. The molecule has 1 rings (SSSR count). The van der Waals surface area contributed by atoms with Crippen molar-refractivity contribution in [2.75, 3.05) is 0 Å². The number of ketones is 1. The molecule has 0 fully saturated rings. The van der Waals surface area contributed by atoms with Gasteiger partial charge in [0, 0.05) is 16.9 Å².